The van der Waals surface area contributed by atoms with Crippen molar-refractivity contribution in [3.63, 3.8) is 0 Å². The van der Waals surface area contributed by atoms with E-state index in [4.69, 9.17) is 5.73 Å². The van der Waals surface area contributed by atoms with E-state index in [1.165, 1.54) is 28.4 Å². The molecule has 1 saturated carbocycles. The Hall–Kier alpha value is -0.410. The minimum absolute atomic E-state index is 0.405. The summed E-state index contributed by atoms with van der Waals surface area (Å²) < 4.78 is 0. The smallest absolute Gasteiger partial charge is 0.0990 e. The number of aromatic nitrogens is 1. The van der Waals surface area contributed by atoms with E-state index >= 15 is 0 Å². The topological polar surface area (TPSA) is 38.9 Å². The summed E-state index contributed by atoms with van der Waals surface area (Å²) in [6, 6.07) is 0. The number of rotatable bonds is 3. The fourth-order valence-electron chi connectivity index (χ4n) is 1.48. The van der Waals surface area contributed by atoms with E-state index < -0.39 is 0 Å². The number of thiazole rings is 1. The minimum atomic E-state index is 0.405. The van der Waals surface area contributed by atoms with Crippen molar-refractivity contribution in [1.82, 2.24) is 4.98 Å². The Balaban J connectivity index is 2.33. The van der Waals surface area contributed by atoms with E-state index in [9.17, 15) is 0 Å². The van der Waals surface area contributed by atoms with E-state index in [0.29, 0.717) is 12.0 Å². The van der Waals surface area contributed by atoms with Gasteiger partial charge < -0.3 is 5.73 Å². The molecule has 0 saturated heterocycles. The third-order valence-electron chi connectivity index (χ3n) is 2.81. The Kier molecular flexibility index (Phi) is 2.16. The van der Waals surface area contributed by atoms with Crippen molar-refractivity contribution in [1.29, 1.82) is 0 Å². The zero-order valence-corrected chi connectivity index (χ0v) is 9.08. The lowest BCUT2D eigenvalue weighted by Gasteiger charge is -2.00. The molecule has 1 aromatic rings. The zero-order chi connectivity index (χ0) is 9.47. The van der Waals surface area contributed by atoms with Crippen LogP contribution in [0.2, 0.25) is 0 Å². The molecular weight excluding hydrogens is 180 g/mol. The first-order valence-corrected chi connectivity index (χ1v) is 5.70. The first-order chi connectivity index (χ1) is 6.19. The molecule has 1 aromatic heterocycles. The molecule has 0 bridgehead atoms. The highest BCUT2D eigenvalue weighted by molar-refractivity contribution is 7.12. The van der Waals surface area contributed by atoms with Crippen LogP contribution in [0.5, 0.6) is 0 Å². The molecule has 0 atom stereocenters. The Morgan fingerprint density at radius 2 is 2.23 bits per heavy atom. The lowest BCUT2D eigenvalue weighted by molar-refractivity contribution is 0.768. The fraction of sp³-hybridized carbons (Fsp3) is 0.700. The van der Waals surface area contributed by atoms with Crippen molar-refractivity contribution in [3.8, 4) is 0 Å². The van der Waals surface area contributed by atoms with Gasteiger partial charge in [0.05, 0.1) is 10.7 Å². The van der Waals surface area contributed by atoms with Crippen LogP contribution in [-0.4, -0.2) is 4.98 Å². The third-order valence-corrected chi connectivity index (χ3v) is 4.24. The average Bonchev–Trinajstić information content (AvgIpc) is 2.75. The predicted molar refractivity (Wildman–Crippen MR) is 56.0 cm³/mol. The largest absolute Gasteiger partial charge is 0.326 e. The number of aryl methyl sites for hydroxylation is 1. The van der Waals surface area contributed by atoms with Gasteiger partial charge in [0.15, 0.2) is 0 Å². The summed E-state index contributed by atoms with van der Waals surface area (Å²) in [4.78, 5) is 5.95. The Bertz CT molecular complexity index is 291. The van der Waals surface area contributed by atoms with Crippen molar-refractivity contribution >= 4 is 11.3 Å². The molecule has 0 amide bonds. The third kappa shape index (κ3) is 1.51. The van der Waals surface area contributed by atoms with Crippen LogP contribution in [0.3, 0.4) is 0 Å². The van der Waals surface area contributed by atoms with Crippen LogP contribution in [0.1, 0.15) is 42.3 Å². The average molecular weight is 196 g/mol. The van der Waals surface area contributed by atoms with Crippen molar-refractivity contribution in [2.45, 2.75) is 45.1 Å². The van der Waals surface area contributed by atoms with E-state index in [2.05, 4.69) is 18.8 Å². The van der Waals surface area contributed by atoms with Crippen molar-refractivity contribution < 1.29 is 0 Å². The molecule has 0 spiro atoms. The Labute approximate surface area is 83.2 Å². The Morgan fingerprint density at radius 1 is 1.54 bits per heavy atom. The minimum Gasteiger partial charge on any atom is -0.326 e. The van der Waals surface area contributed by atoms with Crippen LogP contribution in [-0.2, 0) is 18.4 Å². The highest BCUT2D eigenvalue weighted by atomic mass is 32.1. The number of nitrogens with zero attached hydrogens (tertiary/aromatic N) is 1. The number of nitrogens with two attached hydrogens (primary N) is 1. The normalized spacial score (nSPS) is 19.0. The molecule has 0 radical (unpaired) electrons. The van der Waals surface area contributed by atoms with Gasteiger partial charge >= 0.3 is 0 Å². The summed E-state index contributed by atoms with van der Waals surface area (Å²) in [5, 5.41) is 1.31. The molecule has 1 heterocycles. The van der Waals surface area contributed by atoms with Gasteiger partial charge in [0.25, 0.3) is 0 Å². The Morgan fingerprint density at radius 3 is 2.62 bits per heavy atom. The summed E-state index contributed by atoms with van der Waals surface area (Å²) >= 11 is 1.82. The van der Waals surface area contributed by atoms with Gasteiger partial charge in [-0.2, -0.15) is 0 Å². The van der Waals surface area contributed by atoms with E-state index in [1.807, 2.05) is 11.3 Å². The fourth-order valence-corrected chi connectivity index (χ4v) is 2.71. The van der Waals surface area contributed by atoms with Crippen LogP contribution in [0.4, 0.5) is 0 Å². The van der Waals surface area contributed by atoms with Crippen LogP contribution in [0, 0.1) is 0 Å². The second-order valence-electron chi connectivity index (χ2n) is 4.01. The van der Waals surface area contributed by atoms with Gasteiger partial charge in [-0.1, -0.05) is 13.8 Å². The van der Waals surface area contributed by atoms with Crippen molar-refractivity contribution in [3.05, 3.63) is 15.6 Å². The summed E-state index contributed by atoms with van der Waals surface area (Å²) in [6.45, 7) is 5.09. The van der Waals surface area contributed by atoms with Crippen molar-refractivity contribution in [2.75, 3.05) is 0 Å². The van der Waals surface area contributed by atoms with Gasteiger partial charge in [0.2, 0.25) is 0 Å². The molecule has 13 heavy (non-hydrogen) atoms. The van der Waals surface area contributed by atoms with Crippen LogP contribution in [0.25, 0.3) is 0 Å². The van der Waals surface area contributed by atoms with E-state index in [-0.39, 0.29) is 0 Å². The van der Waals surface area contributed by atoms with Crippen molar-refractivity contribution in [2.24, 2.45) is 5.73 Å². The summed E-state index contributed by atoms with van der Waals surface area (Å²) in [5.74, 6) is 0. The molecule has 0 aliphatic heterocycles. The first-order valence-electron chi connectivity index (χ1n) is 4.89. The quantitative estimate of drug-likeness (QED) is 0.805. The summed E-state index contributed by atoms with van der Waals surface area (Å²) in [5.41, 5.74) is 7.30. The van der Waals surface area contributed by atoms with Gasteiger partial charge in [0, 0.05) is 16.8 Å². The van der Waals surface area contributed by atoms with E-state index in [1.54, 1.807) is 0 Å². The molecule has 1 aliphatic rings. The lowest BCUT2D eigenvalue weighted by Crippen LogP contribution is -1.99. The second kappa shape index (κ2) is 3.07. The van der Waals surface area contributed by atoms with Gasteiger partial charge in [0.1, 0.15) is 0 Å². The standard InChI is InChI=1S/C10H16N2S/c1-3-7-8(6-11)13-9(12-7)10(2)4-5-10/h3-6,11H2,1-2H3. The maximum absolute atomic E-state index is 5.67. The molecule has 2 rings (SSSR count). The molecular formula is C10H16N2S. The zero-order valence-electron chi connectivity index (χ0n) is 8.26. The molecule has 0 aromatic carbocycles. The number of hydrogen-bond donors (Lipinski definition) is 1. The summed E-state index contributed by atoms with van der Waals surface area (Å²) in [7, 11) is 0. The van der Waals surface area contributed by atoms with E-state index in [0.717, 1.165) is 6.42 Å². The number of hydrogen-bond acceptors (Lipinski definition) is 3. The SMILES string of the molecule is CCc1nc(C2(C)CC2)sc1CN. The van der Waals surface area contributed by atoms with Gasteiger partial charge in [-0.05, 0) is 19.3 Å². The first kappa shape index (κ1) is 9.16. The molecule has 1 fully saturated rings. The molecule has 0 unspecified atom stereocenters. The molecule has 72 valence electrons. The maximum atomic E-state index is 5.67. The molecule has 2 N–H and O–H groups in total. The highest BCUT2D eigenvalue weighted by Crippen LogP contribution is 2.49. The maximum Gasteiger partial charge on any atom is 0.0990 e. The molecule has 2 nitrogen and oxygen atoms in total. The molecule has 3 heteroatoms. The van der Waals surface area contributed by atoms with Crippen LogP contribution < -0.4 is 5.73 Å². The summed E-state index contributed by atoms with van der Waals surface area (Å²) in [6.07, 6.45) is 3.61. The van der Waals surface area contributed by atoms with Gasteiger partial charge in [-0.25, -0.2) is 4.98 Å². The monoisotopic (exact) mass is 196 g/mol. The van der Waals surface area contributed by atoms with Crippen LogP contribution in [0.15, 0.2) is 0 Å². The second-order valence-corrected chi connectivity index (χ2v) is 5.09. The molecule has 1 aliphatic carbocycles. The predicted octanol–water partition coefficient (Wildman–Crippen LogP) is 2.22. The van der Waals surface area contributed by atoms with Crippen LogP contribution >= 0.6 is 11.3 Å². The lowest BCUT2D eigenvalue weighted by atomic mass is 10.2. The van der Waals surface area contributed by atoms with Gasteiger partial charge in [-0.3, -0.25) is 0 Å². The van der Waals surface area contributed by atoms with Gasteiger partial charge in [-0.15, -0.1) is 11.3 Å². The highest BCUT2D eigenvalue weighted by Gasteiger charge is 2.42.